The first-order valence-electron chi connectivity index (χ1n) is 5.27. The summed E-state index contributed by atoms with van der Waals surface area (Å²) >= 11 is 0. The van der Waals surface area contributed by atoms with Gasteiger partial charge in [-0.1, -0.05) is 0 Å². The van der Waals surface area contributed by atoms with Crippen molar-refractivity contribution >= 4 is 0 Å². The molecule has 2 rings (SSSR count). The molecule has 3 heteroatoms. The zero-order valence-corrected chi connectivity index (χ0v) is 8.37. The number of piperidine rings is 1. The van der Waals surface area contributed by atoms with Gasteiger partial charge in [-0.25, -0.2) is 0 Å². The molecule has 3 N–H and O–H groups in total. The van der Waals surface area contributed by atoms with Crippen molar-refractivity contribution in [1.29, 1.82) is 0 Å². The molecule has 0 aromatic carbocycles. The number of fused-ring (bicyclic) bond motifs is 2. The monoisotopic (exact) mass is 184 g/mol. The van der Waals surface area contributed by atoms with Gasteiger partial charge in [-0.3, -0.25) is 4.90 Å². The van der Waals surface area contributed by atoms with E-state index >= 15 is 0 Å². The van der Waals surface area contributed by atoms with E-state index < -0.39 is 5.60 Å². The Kier molecular flexibility index (Phi) is 2.34. The lowest BCUT2D eigenvalue weighted by Gasteiger charge is -2.33. The van der Waals surface area contributed by atoms with Gasteiger partial charge in [-0.2, -0.15) is 0 Å². The molecule has 1 aliphatic heterocycles. The van der Waals surface area contributed by atoms with Crippen LogP contribution in [-0.2, 0) is 0 Å². The van der Waals surface area contributed by atoms with Crippen LogP contribution >= 0.6 is 0 Å². The lowest BCUT2D eigenvalue weighted by atomic mass is 10.0. The minimum Gasteiger partial charge on any atom is -0.388 e. The second kappa shape index (κ2) is 3.23. The Labute approximate surface area is 79.9 Å². The summed E-state index contributed by atoms with van der Waals surface area (Å²) in [5.41, 5.74) is 4.82. The van der Waals surface area contributed by atoms with Gasteiger partial charge in [0.05, 0.1) is 5.60 Å². The van der Waals surface area contributed by atoms with Gasteiger partial charge in [0.2, 0.25) is 0 Å². The van der Waals surface area contributed by atoms with Crippen molar-refractivity contribution in [2.24, 2.45) is 11.7 Å². The van der Waals surface area contributed by atoms with Crippen molar-refractivity contribution in [3.63, 3.8) is 0 Å². The number of rotatable bonds is 3. The number of β-amino-alcohol motifs (C(OH)–C–C–N with tert-alkyl or cyclic N) is 1. The fourth-order valence-electron chi connectivity index (χ4n) is 2.72. The van der Waals surface area contributed by atoms with Crippen LogP contribution in [0.5, 0.6) is 0 Å². The molecule has 3 atom stereocenters. The number of likely N-dealkylation sites (tertiary alicyclic amines) is 1. The molecule has 2 fully saturated rings. The third-order valence-corrected chi connectivity index (χ3v) is 3.51. The highest BCUT2D eigenvalue weighted by Gasteiger charge is 2.39. The number of hydrogen-bond acceptors (Lipinski definition) is 3. The maximum Gasteiger partial charge on any atom is 0.0867 e. The molecule has 2 bridgehead atoms. The maximum atomic E-state index is 9.85. The van der Waals surface area contributed by atoms with Gasteiger partial charge < -0.3 is 10.8 Å². The van der Waals surface area contributed by atoms with Gasteiger partial charge in [0.25, 0.3) is 0 Å². The van der Waals surface area contributed by atoms with Crippen LogP contribution in [0.2, 0.25) is 0 Å². The SMILES string of the molecule is CC(O)(CN)CN1CC2CCC1C2. The molecule has 0 radical (unpaired) electrons. The molecule has 3 nitrogen and oxygen atoms in total. The summed E-state index contributed by atoms with van der Waals surface area (Å²) in [5, 5.41) is 9.85. The van der Waals surface area contributed by atoms with E-state index in [-0.39, 0.29) is 0 Å². The van der Waals surface area contributed by atoms with Gasteiger partial charge in [0.1, 0.15) is 0 Å². The lowest BCUT2D eigenvalue weighted by molar-refractivity contribution is 0.0176. The number of hydrogen-bond donors (Lipinski definition) is 2. The van der Waals surface area contributed by atoms with Crippen LogP contribution in [0, 0.1) is 5.92 Å². The average Bonchev–Trinajstić information content (AvgIpc) is 2.64. The quantitative estimate of drug-likeness (QED) is 0.658. The third-order valence-electron chi connectivity index (χ3n) is 3.51. The van der Waals surface area contributed by atoms with E-state index in [0.717, 1.165) is 18.5 Å². The standard InChI is InChI=1S/C10H20N2O/c1-10(13,6-11)7-12-5-8-2-3-9(12)4-8/h8-9,13H,2-7,11H2,1H3. The van der Waals surface area contributed by atoms with Crippen LogP contribution in [-0.4, -0.2) is 41.3 Å². The van der Waals surface area contributed by atoms with Gasteiger partial charge >= 0.3 is 0 Å². The van der Waals surface area contributed by atoms with Crippen molar-refractivity contribution in [2.45, 2.75) is 37.8 Å². The minimum atomic E-state index is -0.690. The largest absolute Gasteiger partial charge is 0.388 e. The Morgan fingerprint density at radius 3 is 2.77 bits per heavy atom. The molecular weight excluding hydrogens is 164 g/mol. The molecule has 1 heterocycles. The van der Waals surface area contributed by atoms with Crippen LogP contribution in [0.15, 0.2) is 0 Å². The van der Waals surface area contributed by atoms with Crippen LogP contribution in [0.3, 0.4) is 0 Å². The fourth-order valence-corrected chi connectivity index (χ4v) is 2.72. The molecule has 1 saturated carbocycles. The summed E-state index contributed by atoms with van der Waals surface area (Å²) in [6.45, 7) is 4.13. The fraction of sp³-hybridized carbons (Fsp3) is 1.00. The summed E-state index contributed by atoms with van der Waals surface area (Å²) in [6.07, 6.45) is 4.07. The van der Waals surface area contributed by atoms with Gasteiger partial charge in [0.15, 0.2) is 0 Å². The highest BCUT2D eigenvalue weighted by molar-refractivity contribution is 4.94. The van der Waals surface area contributed by atoms with Crippen LogP contribution in [0.4, 0.5) is 0 Å². The normalized spacial score (nSPS) is 38.1. The highest BCUT2D eigenvalue weighted by Crippen LogP contribution is 2.37. The molecule has 0 aromatic heterocycles. The van der Waals surface area contributed by atoms with Crippen LogP contribution in [0.1, 0.15) is 26.2 Å². The van der Waals surface area contributed by atoms with E-state index in [1.165, 1.54) is 25.8 Å². The van der Waals surface area contributed by atoms with E-state index in [1.807, 2.05) is 6.92 Å². The van der Waals surface area contributed by atoms with Crippen LogP contribution < -0.4 is 5.73 Å². The Morgan fingerprint density at radius 2 is 2.31 bits per heavy atom. The van der Waals surface area contributed by atoms with Gasteiger partial charge in [-0.05, 0) is 32.1 Å². The first-order valence-corrected chi connectivity index (χ1v) is 5.27. The molecular formula is C10H20N2O. The predicted molar refractivity (Wildman–Crippen MR) is 52.4 cm³/mol. The molecule has 2 aliphatic rings. The van der Waals surface area contributed by atoms with Crippen molar-refractivity contribution < 1.29 is 5.11 Å². The Hall–Kier alpha value is -0.120. The summed E-state index contributed by atoms with van der Waals surface area (Å²) < 4.78 is 0. The average molecular weight is 184 g/mol. The van der Waals surface area contributed by atoms with Crippen molar-refractivity contribution in [3.8, 4) is 0 Å². The van der Waals surface area contributed by atoms with E-state index in [9.17, 15) is 5.11 Å². The third kappa shape index (κ3) is 1.87. The molecule has 0 amide bonds. The molecule has 0 aromatic rings. The first kappa shape index (κ1) is 9.44. The van der Waals surface area contributed by atoms with E-state index in [1.54, 1.807) is 0 Å². The van der Waals surface area contributed by atoms with Gasteiger partial charge in [0, 0.05) is 25.7 Å². The second-order valence-corrected chi connectivity index (χ2v) is 4.96. The first-order chi connectivity index (χ1) is 6.11. The maximum absolute atomic E-state index is 9.85. The van der Waals surface area contributed by atoms with Crippen LogP contribution in [0.25, 0.3) is 0 Å². The lowest BCUT2D eigenvalue weighted by Crippen LogP contribution is -2.48. The summed E-state index contributed by atoms with van der Waals surface area (Å²) in [5.74, 6) is 0.901. The summed E-state index contributed by atoms with van der Waals surface area (Å²) in [4.78, 5) is 2.42. The molecule has 13 heavy (non-hydrogen) atoms. The van der Waals surface area contributed by atoms with E-state index in [2.05, 4.69) is 4.90 Å². The Morgan fingerprint density at radius 1 is 1.54 bits per heavy atom. The summed E-state index contributed by atoms with van der Waals surface area (Å²) in [7, 11) is 0. The van der Waals surface area contributed by atoms with Crippen molar-refractivity contribution in [3.05, 3.63) is 0 Å². The molecule has 3 unspecified atom stereocenters. The predicted octanol–water partition coefficient (Wildman–Crippen LogP) is 0.180. The van der Waals surface area contributed by atoms with Gasteiger partial charge in [-0.15, -0.1) is 0 Å². The van der Waals surface area contributed by atoms with E-state index in [0.29, 0.717) is 6.54 Å². The molecule has 76 valence electrons. The zero-order valence-electron chi connectivity index (χ0n) is 8.37. The Bertz CT molecular complexity index is 193. The van der Waals surface area contributed by atoms with Crippen molar-refractivity contribution in [2.75, 3.05) is 19.6 Å². The zero-order chi connectivity index (χ0) is 9.47. The molecule has 0 spiro atoms. The van der Waals surface area contributed by atoms with Crippen molar-refractivity contribution in [1.82, 2.24) is 4.90 Å². The minimum absolute atomic E-state index is 0.362. The highest BCUT2D eigenvalue weighted by atomic mass is 16.3. The smallest absolute Gasteiger partial charge is 0.0867 e. The Balaban J connectivity index is 1.89. The second-order valence-electron chi connectivity index (χ2n) is 4.96. The van der Waals surface area contributed by atoms with E-state index in [4.69, 9.17) is 5.73 Å². The number of nitrogens with zero attached hydrogens (tertiary/aromatic N) is 1. The number of nitrogens with two attached hydrogens (primary N) is 1. The summed E-state index contributed by atoms with van der Waals surface area (Å²) in [6, 6.07) is 0.739. The molecule has 1 saturated heterocycles. The number of aliphatic hydroxyl groups is 1. The molecule has 1 aliphatic carbocycles. The topological polar surface area (TPSA) is 49.5 Å².